The largest absolute Gasteiger partial charge is 0.496 e. The molecular weight excluding hydrogens is 427 g/mol. The first-order valence-electron chi connectivity index (χ1n) is 8.70. The Morgan fingerprint density at radius 3 is 2.71 bits per heavy atom. The standard InChI is InChI=1S/C20H15FN4O5S/c1-29-16-6-3-11(18-14(9-22)19(26)24-20(23-18)31-2)7-12(16)10-30-17-8-13(21)4-5-15(17)25(27)28/h3-8H,10H2,1-2H3,(H,23,24,26). The van der Waals surface area contributed by atoms with Crippen LogP contribution in [0.1, 0.15) is 11.1 Å². The van der Waals surface area contributed by atoms with Crippen LogP contribution in [0.25, 0.3) is 11.3 Å². The van der Waals surface area contributed by atoms with Gasteiger partial charge in [0.05, 0.1) is 17.7 Å². The van der Waals surface area contributed by atoms with E-state index in [1.54, 1.807) is 24.5 Å². The number of ether oxygens (including phenoxy) is 2. The van der Waals surface area contributed by atoms with Crippen LogP contribution in [0, 0.1) is 27.3 Å². The molecule has 9 nitrogen and oxygen atoms in total. The molecule has 1 heterocycles. The average Bonchev–Trinajstić information content (AvgIpc) is 2.76. The van der Waals surface area contributed by atoms with Gasteiger partial charge in [0, 0.05) is 23.3 Å². The molecule has 31 heavy (non-hydrogen) atoms. The van der Waals surface area contributed by atoms with Gasteiger partial charge in [0.15, 0.2) is 10.9 Å². The van der Waals surface area contributed by atoms with Crippen molar-refractivity contribution in [2.24, 2.45) is 0 Å². The molecule has 11 heteroatoms. The molecule has 3 aromatic rings. The second-order valence-corrected chi connectivity index (χ2v) is 6.89. The summed E-state index contributed by atoms with van der Waals surface area (Å²) in [5.74, 6) is -0.525. The van der Waals surface area contributed by atoms with Gasteiger partial charge in [-0.2, -0.15) is 5.26 Å². The number of rotatable bonds is 7. The lowest BCUT2D eigenvalue weighted by atomic mass is 10.0. The Morgan fingerprint density at radius 1 is 1.29 bits per heavy atom. The smallest absolute Gasteiger partial charge is 0.311 e. The molecule has 0 aliphatic carbocycles. The monoisotopic (exact) mass is 442 g/mol. The van der Waals surface area contributed by atoms with Crippen molar-refractivity contribution in [3.63, 3.8) is 0 Å². The Hall–Kier alpha value is -3.91. The van der Waals surface area contributed by atoms with Crippen molar-refractivity contribution >= 4 is 17.4 Å². The molecule has 0 saturated carbocycles. The second kappa shape index (κ2) is 9.27. The number of hydrogen-bond acceptors (Lipinski definition) is 8. The number of nitrogens with zero attached hydrogens (tertiary/aromatic N) is 3. The number of aromatic nitrogens is 2. The SMILES string of the molecule is COc1ccc(-c2nc(SC)[nH]c(=O)c2C#N)cc1COc1cc(F)ccc1[N+](=O)[O-]. The third kappa shape index (κ3) is 4.65. The summed E-state index contributed by atoms with van der Waals surface area (Å²) in [6, 6.07) is 9.57. The zero-order valence-electron chi connectivity index (χ0n) is 16.3. The van der Waals surface area contributed by atoms with E-state index in [0.717, 1.165) is 18.2 Å². The fourth-order valence-electron chi connectivity index (χ4n) is 2.81. The van der Waals surface area contributed by atoms with E-state index in [4.69, 9.17) is 9.47 Å². The van der Waals surface area contributed by atoms with Gasteiger partial charge in [-0.25, -0.2) is 9.37 Å². The number of nitro groups is 1. The molecule has 0 saturated heterocycles. The van der Waals surface area contributed by atoms with Crippen molar-refractivity contribution in [3.8, 4) is 28.8 Å². The van der Waals surface area contributed by atoms with Gasteiger partial charge in [0.25, 0.3) is 5.56 Å². The first-order valence-corrected chi connectivity index (χ1v) is 9.92. The summed E-state index contributed by atoms with van der Waals surface area (Å²) in [5.41, 5.74) is -0.0295. The molecule has 0 aliphatic heterocycles. The number of benzene rings is 2. The lowest BCUT2D eigenvalue weighted by molar-refractivity contribution is -0.386. The minimum absolute atomic E-state index is 0.157. The van der Waals surface area contributed by atoms with Gasteiger partial charge in [-0.15, -0.1) is 0 Å². The van der Waals surface area contributed by atoms with E-state index in [1.165, 1.54) is 18.9 Å². The highest BCUT2D eigenvalue weighted by Gasteiger charge is 2.18. The fourth-order valence-corrected chi connectivity index (χ4v) is 3.19. The van der Waals surface area contributed by atoms with E-state index in [-0.39, 0.29) is 29.3 Å². The number of halogens is 1. The van der Waals surface area contributed by atoms with E-state index in [2.05, 4.69) is 9.97 Å². The van der Waals surface area contributed by atoms with Crippen LogP contribution in [0.5, 0.6) is 11.5 Å². The highest BCUT2D eigenvalue weighted by molar-refractivity contribution is 7.98. The van der Waals surface area contributed by atoms with Gasteiger partial charge in [-0.3, -0.25) is 14.9 Å². The van der Waals surface area contributed by atoms with Crippen molar-refractivity contribution in [2.75, 3.05) is 13.4 Å². The van der Waals surface area contributed by atoms with Gasteiger partial charge in [0.1, 0.15) is 29.8 Å². The van der Waals surface area contributed by atoms with Crippen molar-refractivity contribution in [1.82, 2.24) is 9.97 Å². The van der Waals surface area contributed by atoms with Crippen molar-refractivity contribution in [3.05, 3.63) is 73.8 Å². The summed E-state index contributed by atoms with van der Waals surface area (Å²) in [5, 5.41) is 20.9. The lowest BCUT2D eigenvalue weighted by Crippen LogP contribution is -2.14. The lowest BCUT2D eigenvalue weighted by Gasteiger charge is -2.13. The zero-order chi connectivity index (χ0) is 22.5. The number of nitrogens with one attached hydrogen (secondary N) is 1. The molecule has 0 spiro atoms. The molecule has 1 N–H and O–H groups in total. The van der Waals surface area contributed by atoms with Crippen LogP contribution < -0.4 is 15.0 Å². The highest BCUT2D eigenvalue weighted by Crippen LogP contribution is 2.31. The van der Waals surface area contributed by atoms with Gasteiger partial charge in [-0.05, 0) is 30.5 Å². The van der Waals surface area contributed by atoms with Crippen LogP contribution in [-0.2, 0) is 6.61 Å². The van der Waals surface area contributed by atoms with Crippen LogP contribution in [-0.4, -0.2) is 28.3 Å². The van der Waals surface area contributed by atoms with E-state index >= 15 is 0 Å². The topological polar surface area (TPSA) is 131 Å². The molecule has 0 bridgehead atoms. The Bertz CT molecular complexity index is 1260. The zero-order valence-corrected chi connectivity index (χ0v) is 17.2. The number of aromatic amines is 1. The van der Waals surface area contributed by atoms with E-state index < -0.39 is 16.3 Å². The summed E-state index contributed by atoms with van der Waals surface area (Å²) in [7, 11) is 1.43. The van der Waals surface area contributed by atoms with Crippen molar-refractivity contribution in [1.29, 1.82) is 5.26 Å². The minimum atomic E-state index is -0.683. The molecule has 0 fully saturated rings. The quantitative estimate of drug-likeness (QED) is 0.254. The van der Waals surface area contributed by atoms with Gasteiger partial charge in [0.2, 0.25) is 0 Å². The predicted molar refractivity (Wildman–Crippen MR) is 111 cm³/mol. The maximum absolute atomic E-state index is 13.6. The van der Waals surface area contributed by atoms with Crippen molar-refractivity contribution in [2.45, 2.75) is 11.8 Å². The van der Waals surface area contributed by atoms with E-state index in [0.29, 0.717) is 22.0 Å². The molecule has 0 amide bonds. The number of thioether (sulfide) groups is 1. The number of H-pyrrole nitrogens is 1. The van der Waals surface area contributed by atoms with Crippen molar-refractivity contribution < 1.29 is 18.8 Å². The van der Waals surface area contributed by atoms with Gasteiger partial charge < -0.3 is 14.5 Å². The van der Waals surface area contributed by atoms with E-state index in [1.807, 2.05) is 6.07 Å². The van der Waals surface area contributed by atoms with E-state index in [9.17, 15) is 24.6 Å². The Labute approximate surface area is 179 Å². The van der Waals surface area contributed by atoms with Gasteiger partial charge in [-0.1, -0.05) is 11.8 Å². The van der Waals surface area contributed by atoms with Crippen LogP contribution in [0.2, 0.25) is 0 Å². The van der Waals surface area contributed by atoms with Crippen LogP contribution in [0.4, 0.5) is 10.1 Å². The summed E-state index contributed by atoms with van der Waals surface area (Å²) in [6.45, 7) is -0.193. The van der Waals surface area contributed by atoms with Crippen LogP contribution in [0.3, 0.4) is 0 Å². The summed E-state index contributed by atoms with van der Waals surface area (Å²) in [6.07, 6.45) is 1.73. The maximum Gasteiger partial charge on any atom is 0.311 e. The maximum atomic E-state index is 13.6. The molecular formula is C20H15FN4O5S. The third-order valence-electron chi connectivity index (χ3n) is 4.26. The average molecular weight is 442 g/mol. The third-order valence-corrected chi connectivity index (χ3v) is 4.84. The molecule has 0 atom stereocenters. The number of methoxy groups -OCH3 is 1. The summed E-state index contributed by atoms with van der Waals surface area (Å²) in [4.78, 5) is 29.5. The summed E-state index contributed by atoms with van der Waals surface area (Å²) >= 11 is 1.21. The first-order chi connectivity index (χ1) is 14.9. The Morgan fingerprint density at radius 2 is 2.06 bits per heavy atom. The number of nitro benzene ring substituents is 1. The Kier molecular flexibility index (Phi) is 6.52. The molecule has 0 aliphatic rings. The molecule has 1 aromatic heterocycles. The fraction of sp³-hybridized carbons (Fsp3) is 0.150. The molecule has 0 radical (unpaired) electrons. The number of hydrogen-bond donors (Lipinski definition) is 1. The molecule has 3 rings (SSSR count). The Balaban J connectivity index is 2.03. The minimum Gasteiger partial charge on any atom is -0.496 e. The second-order valence-electron chi connectivity index (χ2n) is 6.10. The highest BCUT2D eigenvalue weighted by atomic mass is 32.2. The van der Waals surface area contributed by atoms with Gasteiger partial charge >= 0.3 is 5.69 Å². The molecule has 0 unspecified atom stereocenters. The molecule has 158 valence electrons. The summed E-state index contributed by atoms with van der Waals surface area (Å²) < 4.78 is 24.4. The van der Waals surface area contributed by atoms with Crippen LogP contribution in [0.15, 0.2) is 46.3 Å². The number of nitriles is 1. The normalized spacial score (nSPS) is 10.4. The molecule has 2 aromatic carbocycles. The van der Waals surface area contributed by atoms with Crippen LogP contribution >= 0.6 is 11.8 Å². The predicted octanol–water partition coefficient (Wildman–Crippen LogP) is 3.67. The first kappa shape index (κ1) is 21.8.